The van der Waals surface area contributed by atoms with Gasteiger partial charge >= 0.3 is 11.6 Å². The Hall–Kier alpha value is -1.69. The first-order chi connectivity index (χ1) is 12.6. The third-order valence-electron chi connectivity index (χ3n) is 4.12. The van der Waals surface area contributed by atoms with Crippen molar-refractivity contribution in [1.82, 2.24) is 5.32 Å². The van der Waals surface area contributed by atoms with Gasteiger partial charge in [-0.2, -0.15) is 8.42 Å². The lowest BCUT2D eigenvalue weighted by atomic mass is 10.1. The van der Waals surface area contributed by atoms with Crippen LogP contribution >= 0.6 is 11.6 Å². The molecule has 0 amide bonds. The lowest BCUT2D eigenvalue weighted by Gasteiger charge is -2.07. The van der Waals surface area contributed by atoms with E-state index in [2.05, 4.69) is 53.1 Å². The Balaban J connectivity index is 0.00000105. The minimum atomic E-state index is -0.750. The minimum absolute atomic E-state index is 0.750. The molecule has 6 heteroatoms. The first-order valence-corrected chi connectivity index (χ1v) is 9.79. The van der Waals surface area contributed by atoms with Crippen molar-refractivity contribution < 1.29 is 8.42 Å². The Bertz CT molecular complexity index is 687. The second-order valence-electron chi connectivity index (χ2n) is 6.06. The molecule has 142 valence electrons. The summed E-state index contributed by atoms with van der Waals surface area (Å²) >= 11 is 5.40. The van der Waals surface area contributed by atoms with E-state index >= 15 is 0 Å². The van der Waals surface area contributed by atoms with Crippen molar-refractivity contribution >= 4 is 28.9 Å². The molecule has 2 N–H and O–H groups in total. The van der Waals surface area contributed by atoms with E-state index in [1.807, 2.05) is 14.0 Å². The molecule has 0 aliphatic heterocycles. The van der Waals surface area contributed by atoms with Crippen molar-refractivity contribution in [2.45, 2.75) is 32.6 Å². The summed E-state index contributed by atoms with van der Waals surface area (Å²) in [5.41, 5.74) is 5.05. The lowest BCUT2D eigenvalue weighted by Crippen LogP contribution is -2.17. The van der Waals surface area contributed by atoms with Gasteiger partial charge in [0.1, 0.15) is 0 Å². The molecular formula is C20H27ClN2O2S. The van der Waals surface area contributed by atoms with Crippen LogP contribution in [0.2, 0.25) is 5.02 Å². The maximum Gasteiger partial charge on any atom is 0.335 e. The normalized spacial score (nSPS) is 9.96. The fourth-order valence-corrected chi connectivity index (χ4v) is 2.79. The topological polar surface area (TPSA) is 58.2 Å². The lowest BCUT2D eigenvalue weighted by molar-refractivity contribution is 0.622. The number of hydrogen-bond acceptors (Lipinski definition) is 4. The van der Waals surface area contributed by atoms with Gasteiger partial charge in [-0.1, -0.05) is 35.9 Å². The summed E-state index contributed by atoms with van der Waals surface area (Å²) in [6.45, 7) is 4.17. The summed E-state index contributed by atoms with van der Waals surface area (Å²) in [6.07, 6.45) is 4.54. The molecule has 2 aromatic carbocycles. The average Bonchev–Trinajstić information content (AvgIpc) is 2.65. The quantitative estimate of drug-likeness (QED) is 0.626. The molecule has 0 fully saturated rings. The third-order valence-corrected chi connectivity index (χ3v) is 4.52. The van der Waals surface area contributed by atoms with Crippen LogP contribution in [-0.2, 0) is 24.4 Å². The van der Waals surface area contributed by atoms with E-state index in [9.17, 15) is 0 Å². The Morgan fingerprint density at radius 1 is 0.923 bits per heavy atom. The number of hydrogen-bond donors (Lipinski definition) is 2. The SMILES string of the molecule is CNc1ccc(CCCNCCCc2ccc(C)c(Cl)c2)cc1.O=S=O. The van der Waals surface area contributed by atoms with E-state index in [-0.39, 0.29) is 0 Å². The van der Waals surface area contributed by atoms with Gasteiger partial charge in [0.2, 0.25) is 0 Å². The molecule has 4 nitrogen and oxygen atoms in total. The smallest absolute Gasteiger partial charge is 0.335 e. The van der Waals surface area contributed by atoms with Gasteiger partial charge in [0.15, 0.2) is 0 Å². The first kappa shape index (κ1) is 22.4. The zero-order valence-electron chi connectivity index (χ0n) is 15.4. The van der Waals surface area contributed by atoms with Crippen molar-refractivity contribution in [3.8, 4) is 0 Å². The van der Waals surface area contributed by atoms with Crippen LogP contribution in [0.3, 0.4) is 0 Å². The number of halogens is 1. The van der Waals surface area contributed by atoms with E-state index in [1.165, 1.54) is 23.2 Å². The molecule has 0 aliphatic rings. The fourth-order valence-electron chi connectivity index (χ4n) is 2.59. The van der Waals surface area contributed by atoms with Crippen LogP contribution in [-0.4, -0.2) is 28.6 Å². The van der Waals surface area contributed by atoms with Crippen LogP contribution < -0.4 is 10.6 Å². The van der Waals surface area contributed by atoms with Crippen LogP contribution in [0.4, 0.5) is 5.69 Å². The highest BCUT2D eigenvalue weighted by molar-refractivity contribution is 7.51. The Labute approximate surface area is 165 Å². The van der Waals surface area contributed by atoms with Gasteiger partial charge in [-0.3, -0.25) is 0 Å². The van der Waals surface area contributed by atoms with Crippen molar-refractivity contribution in [3.05, 3.63) is 64.2 Å². The highest BCUT2D eigenvalue weighted by Crippen LogP contribution is 2.17. The van der Waals surface area contributed by atoms with Crippen molar-refractivity contribution in [1.29, 1.82) is 0 Å². The highest BCUT2D eigenvalue weighted by Gasteiger charge is 1.98. The largest absolute Gasteiger partial charge is 0.388 e. The predicted molar refractivity (Wildman–Crippen MR) is 111 cm³/mol. The van der Waals surface area contributed by atoms with Crippen LogP contribution in [0.15, 0.2) is 42.5 Å². The van der Waals surface area contributed by atoms with E-state index in [4.69, 9.17) is 20.0 Å². The summed E-state index contributed by atoms with van der Waals surface area (Å²) < 4.78 is 16.6. The van der Waals surface area contributed by atoms with E-state index < -0.39 is 11.6 Å². The van der Waals surface area contributed by atoms with Crippen LogP contribution in [0.1, 0.15) is 29.5 Å². The molecular weight excluding hydrogens is 368 g/mol. The third kappa shape index (κ3) is 9.13. The maximum absolute atomic E-state index is 8.29. The van der Waals surface area contributed by atoms with E-state index in [1.54, 1.807) is 0 Å². The Morgan fingerprint density at radius 2 is 1.46 bits per heavy atom. The molecule has 0 saturated heterocycles. The van der Waals surface area contributed by atoms with Crippen LogP contribution in [0, 0.1) is 6.92 Å². The summed E-state index contributed by atoms with van der Waals surface area (Å²) in [5, 5.41) is 7.55. The summed E-state index contributed by atoms with van der Waals surface area (Å²) in [7, 11) is 1.95. The monoisotopic (exact) mass is 394 g/mol. The second kappa shape index (κ2) is 13.5. The van der Waals surface area contributed by atoms with Gasteiger partial charge < -0.3 is 10.6 Å². The second-order valence-corrected chi connectivity index (χ2v) is 6.60. The molecule has 0 bridgehead atoms. The van der Waals surface area contributed by atoms with Gasteiger partial charge in [0.05, 0.1) is 0 Å². The molecule has 0 aromatic heterocycles. The number of rotatable bonds is 9. The molecule has 0 heterocycles. The van der Waals surface area contributed by atoms with E-state index in [0.29, 0.717) is 0 Å². The van der Waals surface area contributed by atoms with Gasteiger partial charge in [-0.15, -0.1) is 0 Å². The molecule has 0 spiro atoms. The first-order valence-electron chi connectivity index (χ1n) is 8.75. The molecule has 26 heavy (non-hydrogen) atoms. The predicted octanol–water partition coefficient (Wildman–Crippen LogP) is 4.17. The Kier molecular flexibility index (Phi) is 11.6. The molecule has 2 aromatic rings. The summed E-state index contributed by atoms with van der Waals surface area (Å²) in [5.74, 6) is 0. The van der Waals surface area contributed by atoms with Gasteiger partial charge in [-0.05, 0) is 80.6 Å². The Morgan fingerprint density at radius 3 is 2.00 bits per heavy atom. The average molecular weight is 395 g/mol. The standard InChI is InChI=1S/C20H27ClN2.O2S/c1-16-7-8-18(15-20(16)21)6-4-14-23-13-3-5-17-9-11-19(22-2)12-10-17;1-3-2/h7-12,15,22-23H,3-6,13-14H2,1-2H3;. The van der Waals surface area contributed by atoms with Crippen LogP contribution in [0.25, 0.3) is 0 Å². The zero-order valence-corrected chi connectivity index (χ0v) is 17.0. The minimum Gasteiger partial charge on any atom is -0.388 e. The van der Waals surface area contributed by atoms with E-state index in [0.717, 1.165) is 42.9 Å². The zero-order chi connectivity index (χ0) is 19.2. The molecule has 0 aliphatic carbocycles. The molecule has 0 radical (unpaired) electrons. The van der Waals surface area contributed by atoms with Gasteiger partial charge in [0.25, 0.3) is 0 Å². The molecule has 0 saturated carbocycles. The number of benzene rings is 2. The van der Waals surface area contributed by atoms with Crippen molar-refractivity contribution in [2.75, 3.05) is 25.5 Å². The van der Waals surface area contributed by atoms with Crippen molar-refractivity contribution in [2.24, 2.45) is 0 Å². The fraction of sp³-hybridized carbons (Fsp3) is 0.400. The van der Waals surface area contributed by atoms with Gasteiger partial charge in [-0.25, -0.2) is 0 Å². The number of anilines is 1. The highest BCUT2D eigenvalue weighted by atomic mass is 35.5. The van der Waals surface area contributed by atoms with Crippen LogP contribution in [0.5, 0.6) is 0 Å². The maximum atomic E-state index is 8.29. The van der Waals surface area contributed by atoms with Crippen molar-refractivity contribution in [3.63, 3.8) is 0 Å². The van der Waals surface area contributed by atoms with Gasteiger partial charge in [0, 0.05) is 17.8 Å². The molecule has 0 unspecified atom stereocenters. The number of aryl methyl sites for hydroxylation is 3. The molecule has 2 rings (SSSR count). The summed E-state index contributed by atoms with van der Waals surface area (Å²) in [4.78, 5) is 0. The number of nitrogens with one attached hydrogen (secondary N) is 2. The summed E-state index contributed by atoms with van der Waals surface area (Å²) in [6, 6.07) is 15.0. The molecule has 0 atom stereocenters.